The first-order valence-electron chi connectivity index (χ1n) is 10.5. The Hall–Kier alpha value is -3.40. The molecule has 0 bridgehead atoms. The molecule has 1 aliphatic heterocycles. The molecule has 4 aromatic rings. The highest BCUT2D eigenvalue weighted by atomic mass is 79.9. The average molecular weight is 570 g/mol. The molecule has 35 heavy (non-hydrogen) atoms. The summed E-state index contributed by atoms with van der Waals surface area (Å²) >= 11 is 11.0. The van der Waals surface area contributed by atoms with Crippen molar-refractivity contribution in [3.63, 3.8) is 0 Å². The zero-order chi connectivity index (χ0) is 24.4. The first kappa shape index (κ1) is 23.3. The molecule has 7 nitrogen and oxygen atoms in total. The molecule has 0 aliphatic carbocycles. The summed E-state index contributed by atoms with van der Waals surface area (Å²) in [5.41, 5.74) is 3.82. The Morgan fingerprint density at radius 3 is 2.80 bits per heavy atom. The third kappa shape index (κ3) is 5.17. The molecule has 1 aromatic heterocycles. The number of nitrogens with zero attached hydrogens (tertiary/aromatic N) is 3. The fraction of sp³-hybridized carbons (Fsp3) is 0.0800. The topological polar surface area (TPSA) is 77.2 Å². The van der Waals surface area contributed by atoms with Crippen LogP contribution in [0.3, 0.4) is 0 Å². The van der Waals surface area contributed by atoms with Crippen molar-refractivity contribution in [2.24, 2.45) is 10.1 Å². The van der Waals surface area contributed by atoms with E-state index in [0.717, 1.165) is 27.0 Å². The largest absolute Gasteiger partial charge is 0.496 e. The van der Waals surface area contributed by atoms with Crippen LogP contribution in [0, 0.1) is 0 Å². The van der Waals surface area contributed by atoms with E-state index in [1.807, 2.05) is 53.9 Å². The van der Waals surface area contributed by atoms with Gasteiger partial charge in [-0.2, -0.15) is 5.10 Å². The molecule has 0 saturated carbocycles. The van der Waals surface area contributed by atoms with E-state index in [1.165, 1.54) is 11.3 Å². The third-order valence-electron chi connectivity index (χ3n) is 5.15. The summed E-state index contributed by atoms with van der Waals surface area (Å²) in [6.45, 7) is 0.00762. The van der Waals surface area contributed by atoms with Gasteiger partial charge in [-0.15, -0.1) is 11.3 Å². The molecule has 3 aromatic carbocycles. The Morgan fingerprint density at radius 1 is 1.17 bits per heavy atom. The first-order chi connectivity index (χ1) is 17.0. The van der Waals surface area contributed by atoms with Gasteiger partial charge in [0.05, 0.1) is 30.4 Å². The van der Waals surface area contributed by atoms with Crippen molar-refractivity contribution in [3.05, 3.63) is 85.9 Å². The van der Waals surface area contributed by atoms with Crippen LogP contribution in [0.1, 0.15) is 5.56 Å². The molecule has 2 heterocycles. The summed E-state index contributed by atoms with van der Waals surface area (Å²) in [7, 11) is 1.62. The van der Waals surface area contributed by atoms with Gasteiger partial charge in [-0.1, -0.05) is 27.5 Å². The number of hydrogen-bond donors (Lipinski definition) is 1. The molecule has 0 atom stereocenters. The van der Waals surface area contributed by atoms with Crippen LogP contribution < -0.4 is 19.6 Å². The van der Waals surface area contributed by atoms with Crippen molar-refractivity contribution in [2.45, 2.75) is 0 Å². The highest BCUT2D eigenvalue weighted by Gasteiger charge is 2.18. The SMILES string of the molecule is COc1ccc(Br)cc1C=Nn1c(-c2ccc3c(c2)NC(=O)CO3)csc1=Nc1ccc(Cl)cc1. The molecule has 0 unspecified atom stereocenters. The number of nitrogens with one attached hydrogen (secondary N) is 1. The second-order valence-corrected chi connectivity index (χ2v) is 9.67. The van der Waals surface area contributed by atoms with E-state index in [-0.39, 0.29) is 12.5 Å². The minimum Gasteiger partial charge on any atom is -0.496 e. The maximum atomic E-state index is 11.8. The normalized spacial score (nSPS) is 13.5. The van der Waals surface area contributed by atoms with Gasteiger partial charge in [0.25, 0.3) is 5.91 Å². The Labute approximate surface area is 218 Å². The number of aromatic nitrogens is 1. The van der Waals surface area contributed by atoms with Gasteiger partial charge in [0.1, 0.15) is 11.5 Å². The molecular formula is C25H18BrClN4O3S. The van der Waals surface area contributed by atoms with Crippen LogP contribution in [-0.2, 0) is 4.79 Å². The van der Waals surface area contributed by atoms with Crippen LogP contribution >= 0.6 is 38.9 Å². The number of halogens is 2. The molecule has 5 rings (SSSR count). The van der Waals surface area contributed by atoms with E-state index in [0.29, 0.717) is 27.0 Å². The van der Waals surface area contributed by atoms with E-state index in [9.17, 15) is 4.79 Å². The number of rotatable bonds is 5. The van der Waals surface area contributed by atoms with Crippen LogP contribution in [0.2, 0.25) is 5.02 Å². The Bertz CT molecular complexity index is 1510. The number of anilines is 1. The summed E-state index contributed by atoms with van der Waals surface area (Å²) in [5.74, 6) is 1.13. The second kappa shape index (κ2) is 10.1. The first-order valence-corrected chi connectivity index (χ1v) is 12.5. The van der Waals surface area contributed by atoms with Crippen molar-refractivity contribution in [1.29, 1.82) is 0 Å². The molecule has 1 amide bonds. The Morgan fingerprint density at radius 2 is 2.00 bits per heavy atom. The molecule has 0 spiro atoms. The predicted octanol–water partition coefficient (Wildman–Crippen LogP) is 6.09. The lowest BCUT2D eigenvalue weighted by Crippen LogP contribution is -2.25. The number of amides is 1. The fourth-order valence-electron chi connectivity index (χ4n) is 3.48. The lowest BCUT2D eigenvalue weighted by atomic mass is 10.1. The lowest BCUT2D eigenvalue weighted by Gasteiger charge is -2.18. The molecular weight excluding hydrogens is 552 g/mol. The van der Waals surface area contributed by atoms with Crippen LogP contribution in [-0.4, -0.2) is 30.5 Å². The number of fused-ring (bicyclic) bond motifs is 1. The summed E-state index contributed by atoms with van der Waals surface area (Å²) in [5, 5.41) is 10.2. The van der Waals surface area contributed by atoms with Crippen LogP contribution in [0.5, 0.6) is 11.5 Å². The van der Waals surface area contributed by atoms with Gasteiger partial charge in [-0.05, 0) is 60.7 Å². The molecule has 1 aliphatic rings. The van der Waals surface area contributed by atoms with E-state index >= 15 is 0 Å². The van der Waals surface area contributed by atoms with Crippen LogP contribution in [0.4, 0.5) is 11.4 Å². The van der Waals surface area contributed by atoms with E-state index in [4.69, 9.17) is 31.2 Å². The summed E-state index contributed by atoms with van der Waals surface area (Å²) in [6.07, 6.45) is 1.73. The minimum absolute atomic E-state index is 0.00762. The van der Waals surface area contributed by atoms with Gasteiger partial charge in [-0.25, -0.2) is 9.67 Å². The second-order valence-electron chi connectivity index (χ2n) is 7.48. The molecule has 1 N–H and O–H groups in total. The number of hydrogen-bond acceptors (Lipinski definition) is 6. The molecule has 0 fully saturated rings. The summed E-state index contributed by atoms with van der Waals surface area (Å²) in [4.78, 5) is 17.2. The zero-order valence-corrected chi connectivity index (χ0v) is 21.5. The van der Waals surface area contributed by atoms with Gasteiger partial charge in [0.15, 0.2) is 6.61 Å². The van der Waals surface area contributed by atoms with Gasteiger partial charge in [0, 0.05) is 26.0 Å². The predicted molar refractivity (Wildman–Crippen MR) is 142 cm³/mol. The quantitative estimate of drug-likeness (QED) is 0.296. The van der Waals surface area contributed by atoms with Crippen molar-refractivity contribution < 1.29 is 14.3 Å². The van der Waals surface area contributed by atoms with Crippen LogP contribution in [0.25, 0.3) is 11.3 Å². The van der Waals surface area contributed by atoms with Crippen molar-refractivity contribution >= 4 is 62.4 Å². The third-order valence-corrected chi connectivity index (χ3v) is 6.71. The van der Waals surface area contributed by atoms with Crippen LogP contribution in [0.15, 0.2) is 80.6 Å². The Kier molecular flexibility index (Phi) is 6.72. The number of methoxy groups -OCH3 is 1. The number of carbonyl (C=O) groups excluding carboxylic acids is 1. The van der Waals surface area contributed by atoms with Gasteiger partial charge in [-0.3, -0.25) is 4.79 Å². The average Bonchev–Trinajstić information content (AvgIpc) is 3.26. The number of benzene rings is 3. The van der Waals surface area contributed by atoms with Gasteiger partial charge < -0.3 is 14.8 Å². The number of carbonyl (C=O) groups is 1. The fourth-order valence-corrected chi connectivity index (χ4v) is 4.84. The molecule has 0 radical (unpaired) electrons. The van der Waals surface area contributed by atoms with Crippen molar-refractivity contribution in [2.75, 3.05) is 19.0 Å². The Balaban J connectivity index is 1.64. The summed E-state index contributed by atoms with van der Waals surface area (Å²) in [6, 6.07) is 18.6. The lowest BCUT2D eigenvalue weighted by molar-refractivity contribution is -0.118. The number of ether oxygens (including phenoxy) is 2. The van der Waals surface area contributed by atoms with E-state index in [1.54, 1.807) is 30.1 Å². The van der Waals surface area contributed by atoms with Gasteiger partial charge >= 0.3 is 0 Å². The molecule has 176 valence electrons. The smallest absolute Gasteiger partial charge is 0.262 e. The highest BCUT2D eigenvalue weighted by molar-refractivity contribution is 9.10. The summed E-state index contributed by atoms with van der Waals surface area (Å²) < 4.78 is 13.7. The maximum absolute atomic E-state index is 11.8. The van der Waals surface area contributed by atoms with Crippen molar-refractivity contribution in [3.8, 4) is 22.8 Å². The van der Waals surface area contributed by atoms with Crippen molar-refractivity contribution in [1.82, 2.24) is 4.68 Å². The van der Waals surface area contributed by atoms with E-state index < -0.39 is 0 Å². The molecule has 0 saturated heterocycles. The van der Waals surface area contributed by atoms with Gasteiger partial charge in [0.2, 0.25) is 4.80 Å². The number of thiazole rings is 1. The molecule has 10 heteroatoms. The van der Waals surface area contributed by atoms with E-state index in [2.05, 4.69) is 21.2 Å². The standard InChI is InChI=1S/C25H18BrClN4O3S/c1-33-22-9-3-17(26)10-16(22)12-28-31-21(14-35-25(31)29-19-6-4-18(27)5-7-19)15-2-8-23-20(11-15)30-24(32)13-34-23/h2-12,14H,13H2,1H3,(H,30,32). The highest BCUT2D eigenvalue weighted by Crippen LogP contribution is 2.33. The maximum Gasteiger partial charge on any atom is 0.262 e. The minimum atomic E-state index is -0.189. The zero-order valence-electron chi connectivity index (χ0n) is 18.4. The monoisotopic (exact) mass is 568 g/mol.